The van der Waals surface area contributed by atoms with Gasteiger partial charge in [-0.3, -0.25) is 0 Å². The summed E-state index contributed by atoms with van der Waals surface area (Å²) in [5.41, 5.74) is 4.78. The molecule has 0 aliphatic heterocycles. The second-order valence-corrected chi connectivity index (χ2v) is 4.83. The van der Waals surface area contributed by atoms with Crippen molar-refractivity contribution in [2.75, 3.05) is 23.7 Å². The molecule has 0 aromatic carbocycles. The smallest absolute Gasteiger partial charge is 0.384 e. The van der Waals surface area contributed by atoms with Crippen molar-refractivity contribution >= 4 is 11.6 Å². The zero-order chi connectivity index (χ0) is 15.2. The normalized spacial score (nSPS) is 11.7. The molecule has 1 rings (SSSR count). The Balaban J connectivity index is 3.02. The SMILES string of the molecule is CCCCN(CCCC)c1cc(C(F)(F)F)cc(N)n1. The van der Waals surface area contributed by atoms with Crippen molar-refractivity contribution in [1.82, 2.24) is 4.98 Å². The minimum absolute atomic E-state index is 0.0900. The third-order valence-corrected chi connectivity index (χ3v) is 3.05. The fraction of sp³-hybridized carbons (Fsp3) is 0.643. The molecule has 0 saturated heterocycles. The lowest BCUT2D eigenvalue weighted by atomic mass is 10.2. The molecule has 3 nitrogen and oxygen atoms in total. The molecule has 0 amide bonds. The minimum Gasteiger partial charge on any atom is -0.384 e. The number of anilines is 2. The maximum absolute atomic E-state index is 12.8. The van der Waals surface area contributed by atoms with Crippen molar-refractivity contribution in [3.63, 3.8) is 0 Å². The number of halogens is 3. The predicted molar refractivity (Wildman–Crippen MR) is 75.7 cm³/mol. The number of nitrogens with two attached hydrogens (primary N) is 1. The van der Waals surface area contributed by atoms with Gasteiger partial charge in [0.1, 0.15) is 11.6 Å². The fourth-order valence-corrected chi connectivity index (χ4v) is 1.90. The molecule has 114 valence electrons. The van der Waals surface area contributed by atoms with E-state index in [1.165, 1.54) is 0 Å². The molecule has 0 bridgehead atoms. The average molecular weight is 289 g/mol. The molecule has 0 atom stereocenters. The van der Waals surface area contributed by atoms with E-state index in [1.807, 2.05) is 18.7 Å². The summed E-state index contributed by atoms with van der Waals surface area (Å²) >= 11 is 0. The Morgan fingerprint density at radius 1 is 1.10 bits per heavy atom. The molecule has 0 radical (unpaired) electrons. The highest BCUT2D eigenvalue weighted by atomic mass is 19.4. The van der Waals surface area contributed by atoms with Crippen molar-refractivity contribution in [2.45, 2.75) is 45.7 Å². The number of pyridine rings is 1. The summed E-state index contributed by atoms with van der Waals surface area (Å²) in [6, 6.07) is 1.96. The lowest BCUT2D eigenvalue weighted by Crippen LogP contribution is -2.27. The van der Waals surface area contributed by atoms with E-state index in [0.29, 0.717) is 18.9 Å². The van der Waals surface area contributed by atoms with Gasteiger partial charge in [0.05, 0.1) is 5.56 Å². The van der Waals surface area contributed by atoms with E-state index in [2.05, 4.69) is 4.98 Å². The molecule has 0 aliphatic carbocycles. The third-order valence-electron chi connectivity index (χ3n) is 3.05. The van der Waals surface area contributed by atoms with Crippen molar-refractivity contribution < 1.29 is 13.2 Å². The molecule has 1 aromatic rings. The largest absolute Gasteiger partial charge is 0.416 e. The molecule has 0 saturated carbocycles. The van der Waals surface area contributed by atoms with Crippen molar-refractivity contribution in [2.24, 2.45) is 0 Å². The summed E-state index contributed by atoms with van der Waals surface area (Å²) in [4.78, 5) is 5.94. The number of nitrogen functional groups attached to an aromatic ring is 1. The first-order valence-electron chi connectivity index (χ1n) is 6.98. The van der Waals surface area contributed by atoms with Gasteiger partial charge in [0.25, 0.3) is 0 Å². The Morgan fingerprint density at radius 3 is 2.10 bits per heavy atom. The molecule has 0 aliphatic rings. The monoisotopic (exact) mass is 289 g/mol. The highest BCUT2D eigenvalue weighted by molar-refractivity contribution is 5.49. The van der Waals surface area contributed by atoms with Gasteiger partial charge in [-0.25, -0.2) is 4.98 Å². The molecular weight excluding hydrogens is 267 g/mol. The van der Waals surface area contributed by atoms with Crippen LogP contribution in [0.5, 0.6) is 0 Å². The van der Waals surface area contributed by atoms with Crippen LogP contribution >= 0.6 is 0 Å². The van der Waals surface area contributed by atoms with Gasteiger partial charge >= 0.3 is 6.18 Å². The Morgan fingerprint density at radius 2 is 1.65 bits per heavy atom. The van der Waals surface area contributed by atoms with Crippen LogP contribution in [-0.4, -0.2) is 18.1 Å². The topological polar surface area (TPSA) is 42.1 Å². The Bertz CT molecular complexity index is 411. The third kappa shape index (κ3) is 4.90. The minimum atomic E-state index is -4.40. The molecule has 6 heteroatoms. The van der Waals surface area contributed by atoms with Crippen LogP contribution in [0.1, 0.15) is 45.1 Å². The summed E-state index contributed by atoms with van der Waals surface area (Å²) in [6.07, 6.45) is -0.593. The van der Waals surface area contributed by atoms with Crippen LogP contribution in [0.25, 0.3) is 0 Å². The summed E-state index contributed by atoms with van der Waals surface area (Å²) in [5, 5.41) is 0. The Hall–Kier alpha value is -1.46. The molecule has 1 aromatic heterocycles. The van der Waals surface area contributed by atoms with Crippen LogP contribution in [0.4, 0.5) is 24.8 Å². The number of nitrogens with zero attached hydrogens (tertiary/aromatic N) is 2. The van der Waals surface area contributed by atoms with Crippen molar-refractivity contribution in [3.8, 4) is 0 Å². The molecule has 2 N–H and O–H groups in total. The van der Waals surface area contributed by atoms with Gasteiger partial charge in [-0.15, -0.1) is 0 Å². The maximum Gasteiger partial charge on any atom is 0.416 e. The lowest BCUT2D eigenvalue weighted by Gasteiger charge is -2.24. The summed E-state index contributed by atoms with van der Waals surface area (Å²) in [5.74, 6) is 0.229. The van der Waals surface area contributed by atoms with Crippen LogP contribution < -0.4 is 10.6 Å². The van der Waals surface area contributed by atoms with Gasteiger partial charge in [-0.2, -0.15) is 13.2 Å². The highest BCUT2D eigenvalue weighted by Crippen LogP contribution is 2.32. The van der Waals surface area contributed by atoms with E-state index < -0.39 is 11.7 Å². The lowest BCUT2D eigenvalue weighted by molar-refractivity contribution is -0.137. The van der Waals surface area contributed by atoms with Crippen LogP contribution in [0.2, 0.25) is 0 Å². The first-order valence-corrected chi connectivity index (χ1v) is 6.98. The first kappa shape index (κ1) is 16.6. The van der Waals surface area contributed by atoms with Gasteiger partial charge < -0.3 is 10.6 Å². The summed E-state index contributed by atoms with van der Waals surface area (Å²) in [6.45, 7) is 5.49. The van der Waals surface area contributed by atoms with Crippen molar-refractivity contribution in [1.29, 1.82) is 0 Å². The van der Waals surface area contributed by atoms with E-state index in [1.54, 1.807) is 0 Å². The highest BCUT2D eigenvalue weighted by Gasteiger charge is 2.32. The van der Waals surface area contributed by atoms with E-state index >= 15 is 0 Å². The predicted octanol–water partition coefficient (Wildman–Crippen LogP) is 4.09. The van der Waals surface area contributed by atoms with Crippen LogP contribution in [0.3, 0.4) is 0 Å². The number of unbranched alkanes of at least 4 members (excludes halogenated alkanes) is 2. The molecule has 0 unspecified atom stereocenters. The fourth-order valence-electron chi connectivity index (χ4n) is 1.90. The Kier molecular flexibility index (Phi) is 6.10. The summed E-state index contributed by atoms with van der Waals surface area (Å²) < 4.78 is 38.4. The summed E-state index contributed by atoms with van der Waals surface area (Å²) in [7, 11) is 0. The van der Waals surface area contributed by atoms with E-state index in [4.69, 9.17) is 5.73 Å². The van der Waals surface area contributed by atoms with Crippen LogP contribution in [0.15, 0.2) is 12.1 Å². The number of rotatable bonds is 7. The zero-order valence-electron chi connectivity index (χ0n) is 12.0. The molecular formula is C14H22F3N3. The standard InChI is InChI=1S/C14H22F3N3/c1-3-5-7-20(8-6-4-2)13-10-11(14(15,16)17)9-12(18)19-13/h9-10H,3-8H2,1-2H3,(H2,18,19). The average Bonchev–Trinajstić information content (AvgIpc) is 2.37. The van der Waals surface area contributed by atoms with Crippen LogP contribution in [-0.2, 0) is 6.18 Å². The quantitative estimate of drug-likeness (QED) is 0.822. The van der Waals surface area contributed by atoms with E-state index in [0.717, 1.165) is 37.8 Å². The maximum atomic E-state index is 12.8. The molecule has 1 heterocycles. The van der Waals surface area contributed by atoms with Gasteiger partial charge in [0, 0.05) is 13.1 Å². The Labute approximate surface area is 118 Å². The van der Waals surface area contributed by atoms with Gasteiger partial charge in [0.15, 0.2) is 0 Å². The van der Waals surface area contributed by atoms with Gasteiger partial charge in [-0.1, -0.05) is 26.7 Å². The number of hydrogen-bond donors (Lipinski definition) is 1. The zero-order valence-corrected chi connectivity index (χ0v) is 12.0. The van der Waals surface area contributed by atoms with Crippen molar-refractivity contribution in [3.05, 3.63) is 17.7 Å². The van der Waals surface area contributed by atoms with Gasteiger partial charge in [-0.05, 0) is 25.0 Å². The number of alkyl halides is 3. The number of aromatic nitrogens is 1. The number of hydrogen-bond acceptors (Lipinski definition) is 3. The second-order valence-electron chi connectivity index (χ2n) is 4.83. The molecule has 0 fully saturated rings. The van der Waals surface area contributed by atoms with Gasteiger partial charge in [0.2, 0.25) is 0 Å². The molecule has 0 spiro atoms. The molecule has 20 heavy (non-hydrogen) atoms. The second kappa shape index (κ2) is 7.36. The van der Waals surface area contributed by atoms with E-state index in [9.17, 15) is 13.2 Å². The van der Waals surface area contributed by atoms with Crippen LogP contribution in [0, 0.1) is 0 Å². The first-order chi connectivity index (χ1) is 9.38. The van der Waals surface area contributed by atoms with E-state index in [-0.39, 0.29) is 5.82 Å².